The second kappa shape index (κ2) is 17.8. The van der Waals surface area contributed by atoms with Crippen molar-refractivity contribution < 1.29 is 19.8 Å². The third-order valence-corrected chi connectivity index (χ3v) is 11.3. The molecule has 10 rings (SSSR count). The Kier molecular flexibility index (Phi) is 11.7. The third kappa shape index (κ3) is 8.37. The maximum atomic E-state index is 11.7. The highest BCUT2D eigenvalue weighted by Crippen LogP contribution is 2.34. The molecule has 328 valence electrons. The number of pyridine rings is 2. The number of carboxylic acid groups (broad SMARTS) is 2. The van der Waals surface area contributed by atoms with Crippen molar-refractivity contribution in [3.8, 4) is 22.8 Å². The first kappa shape index (κ1) is 43.2. The zero-order chi connectivity index (χ0) is 46.2. The quantitative estimate of drug-likeness (QED) is 0.0941. The molecule has 0 aliphatic carbocycles. The maximum Gasteiger partial charge on any atom is 0.356 e. The standard InChI is InChI=1S/2C24H19ClN6O2/c1-13-10-16(14(2)27-18-8-9-19(25)28-21(18)24(32)33)20-17(11-13)23-30-26-12-31(23)22(29-20)15-6-4-3-5-7-15;1-13-10-16(14(2)28-18-8-9-19(25)29-21(18)24(32)33)20-17(11-13)23-26-12-27-31(23)22(30-20)15-6-4-3-5-7-15/h3-12,14,27H,1-2H3,(H,32,33);3-12,14,28H,1-2H3,(H,32,33)/t2*14-/m11/s1. The Balaban J connectivity index is 0.000000166. The normalized spacial score (nSPS) is 12.2. The van der Waals surface area contributed by atoms with Crippen molar-refractivity contribution in [1.29, 1.82) is 0 Å². The molecule has 4 N–H and O–H groups in total. The van der Waals surface area contributed by atoms with E-state index in [0.717, 1.165) is 61.0 Å². The van der Waals surface area contributed by atoms with Gasteiger partial charge >= 0.3 is 11.9 Å². The molecule has 2 atom stereocenters. The smallest absolute Gasteiger partial charge is 0.356 e. The number of benzene rings is 4. The maximum absolute atomic E-state index is 11.7. The van der Waals surface area contributed by atoms with E-state index in [1.54, 1.807) is 35.1 Å². The monoisotopic (exact) mass is 916 g/mol. The molecule has 18 heteroatoms. The van der Waals surface area contributed by atoms with Crippen LogP contribution in [-0.4, -0.2) is 71.3 Å². The lowest BCUT2D eigenvalue weighted by atomic mass is 10.0. The van der Waals surface area contributed by atoms with Gasteiger partial charge in [-0.3, -0.25) is 4.40 Å². The van der Waals surface area contributed by atoms with Gasteiger partial charge in [0.05, 0.1) is 34.5 Å². The number of carbonyl (C=O) groups is 2. The molecule has 0 aliphatic rings. The SMILES string of the molecule is Cc1cc([C@@H](C)Nc2ccc(Cl)nc2C(=O)O)c2nc(-c3ccccc3)n3cnnc3c2c1.Cc1cc([C@@H](C)Nc2ccc(Cl)nc2C(=O)O)c2nc(-c3ccccc3)n3ncnc3c2c1. The molecular formula is C48H38Cl2N12O4. The van der Waals surface area contributed by atoms with Gasteiger partial charge in [-0.1, -0.05) is 96.0 Å². The Bertz CT molecular complexity index is 3260. The van der Waals surface area contributed by atoms with E-state index in [4.69, 9.17) is 33.2 Å². The molecule has 0 radical (unpaired) electrons. The summed E-state index contributed by atoms with van der Waals surface area (Å²) in [6, 6.07) is 33.6. The van der Waals surface area contributed by atoms with E-state index in [1.165, 1.54) is 6.33 Å². The number of aromatic carboxylic acids is 2. The molecular weight excluding hydrogens is 880 g/mol. The number of aromatic nitrogens is 10. The van der Waals surface area contributed by atoms with E-state index in [2.05, 4.69) is 40.9 Å². The third-order valence-electron chi connectivity index (χ3n) is 10.9. The minimum Gasteiger partial charge on any atom is -0.476 e. The summed E-state index contributed by atoms with van der Waals surface area (Å²) in [5.74, 6) is -0.918. The summed E-state index contributed by atoms with van der Waals surface area (Å²) < 4.78 is 3.62. The van der Waals surface area contributed by atoms with Gasteiger partial charge in [0, 0.05) is 33.0 Å². The van der Waals surface area contributed by atoms with E-state index in [-0.39, 0.29) is 33.8 Å². The van der Waals surface area contributed by atoms with Crippen LogP contribution in [-0.2, 0) is 0 Å². The van der Waals surface area contributed by atoms with Crippen molar-refractivity contribution in [2.75, 3.05) is 10.6 Å². The van der Waals surface area contributed by atoms with Gasteiger partial charge in [0.2, 0.25) is 0 Å². The van der Waals surface area contributed by atoms with Crippen LogP contribution in [0.5, 0.6) is 0 Å². The van der Waals surface area contributed by atoms with Crippen LogP contribution in [0.15, 0.2) is 122 Å². The predicted molar refractivity (Wildman–Crippen MR) is 253 cm³/mol. The molecule has 16 nitrogen and oxygen atoms in total. The number of nitrogens with one attached hydrogen (secondary N) is 2. The van der Waals surface area contributed by atoms with Crippen LogP contribution in [0, 0.1) is 13.8 Å². The largest absolute Gasteiger partial charge is 0.476 e. The minimum atomic E-state index is -1.16. The Morgan fingerprint density at radius 1 is 0.621 bits per heavy atom. The summed E-state index contributed by atoms with van der Waals surface area (Å²) in [5, 5.41) is 40.5. The van der Waals surface area contributed by atoms with Crippen LogP contribution in [0.4, 0.5) is 11.4 Å². The Morgan fingerprint density at radius 3 is 1.62 bits per heavy atom. The van der Waals surface area contributed by atoms with Gasteiger partial charge in [-0.2, -0.15) is 9.61 Å². The number of halogens is 2. The summed E-state index contributed by atoms with van der Waals surface area (Å²) >= 11 is 11.8. The molecule has 66 heavy (non-hydrogen) atoms. The van der Waals surface area contributed by atoms with E-state index >= 15 is 0 Å². The number of hydrogen-bond acceptors (Lipinski definition) is 12. The van der Waals surface area contributed by atoms with Gasteiger partial charge in [0.25, 0.3) is 0 Å². The van der Waals surface area contributed by atoms with Crippen LogP contribution in [0.25, 0.3) is 55.9 Å². The van der Waals surface area contributed by atoms with Crippen LogP contribution in [0.1, 0.15) is 69.2 Å². The van der Waals surface area contributed by atoms with Crippen molar-refractivity contribution in [3.63, 3.8) is 0 Å². The molecule has 0 bridgehead atoms. The summed E-state index contributed by atoms with van der Waals surface area (Å²) in [4.78, 5) is 45.8. The first-order valence-corrected chi connectivity index (χ1v) is 21.3. The number of fused-ring (bicyclic) bond motifs is 6. The molecule has 0 spiro atoms. The number of nitrogens with zero attached hydrogens (tertiary/aromatic N) is 10. The van der Waals surface area contributed by atoms with Crippen molar-refractivity contribution in [3.05, 3.63) is 166 Å². The Morgan fingerprint density at radius 2 is 1.11 bits per heavy atom. The van der Waals surface area contributed by atoms with Crippen molar-refractivity contribution in [1.82, 2.24) is 49.1 Å². The summed E-state index contributed by atoms with van der Waals surface area (Å²) in [7, 11) is 0. The van der Waals surface area contributed by atoms with Gasteiger partial charge in [0.15, 0.2) is 28.5 Å². The van der Waals surface area contributed by atoms with Crippen LogP contribution >= 0.6 is 23.2 Å². The topological polar surface area (TPSA) is 211 Å². The Hall–Kier alpha value is -8.08. The lowest BCUT2D eigenvalue weighted by Gasteiger charge is -2.20. The van der Waals surface area contributed by atoms with Crippen LogP contribution in [0.3, 0.4) is 0 Å². The highest BCUT2D eigenvalue weighted by molar-refractivity contribution is 6.30. The van der Waals surface area contributed by atoms with E-state index in [1.807, 2.05) is 117 Å². The van der Waals surface area contributed by atoms with Gasteiger partial charge in [-0.25, -0.2) is 34.5 Å². The molecule has 0 saturated heterocycles. The number of aryl methyl sites for hydroxylation is 2. The summed E-state index contributed by atoms with van der Waals surface area (Å²) in [6.07, 6.45) is 3.18. The van der Waals surface area contributed by atoms with Crippen molar-refractivity contribution in [2.24, 2.45) is 0 Å². The second-order valence-corrected chi connectivity index (χ2v) is 16.3. The second-order valence-electron chi connectivity index (χ2n) is 15.5. The van der Waals surface area contributed by atoms with E-state index in [9.17, 15) is 19.8 Å². The fraction of sp³-hybridized carbons (Fsp3) is 0.125. The molecule has 0 fully saturated rings. The van der Waals surface area contributed by atoms with Gasteiger partial charge in [-0.05, 0) is 75.2 Å². The molecule has 0 aliphatic heterocycles. The van der Waals surface area contributed by atoms with Gasteiger partial charge in [0.1, 0.15) is 28.8 Å². The van der Waals surface area contributed by atoms with Crippen LogP contribution < -0.4 is 10.6 Å². The lowest BCUT2D eigenvalue weighted by molar-refractivity contribution is 0.0681. The van der Waals surface area contributed by atoms with E-state index < -0.39 is 11.9 Å². The van der Waals surface area contributed by atoms with E-state index in [0.29, 0.717) is 28.5 Å². The highest BCUT2D eigenvalue weighted by atomic mass is 35.5. The van der Waals surface area contributed by atoms with Crippen molar-refractivity contribution in [2.45, 2.75) is 39.8 Å². The van der Waals surface area contributed by atoms with Crippen LogP contribution in [0.2, 0.25) is 10.3 Å². The minimum absolute atomic E-state index is 0.120. The molecule has 0 unspecified atom stereocenters. The zero-order valence-electron chi connectivity index (χ0n) is 35.6. The fourth-order valence-corrected chi connectivity index (χ4v) is 8.24. The Labute approximate surface area is 386 Å². The summed E-state index contributed by atoms with van der Waals surface area (Å²) in [5.41, 5.74) is 9.12. The zero-order valence-corrected chi connectivity index (χ0v) is 37.2. The number of anilines is 2. The molecule has 0 saturated carbocycles. The first-order valence-electron chi connectivity index (χ1n) is 20.6. The highest BCUT2D eigenvalue weighted by Gasteiger charge is 2.23. The fourth-order valence-electron chi connectivity index (χ4n) is 7.95. The van der Waals surface area contributed by atoms with Gasteiger partial charge in [-0.15, -0.1) is 10.2 Å². The van der Waals surface area contributed by atoms with Gasteiger partial charge < -0.3 is 20.8 Å². The number of hydrogen-bond donors (Lipinski definition) is 4. The first-order chi connectivity index (χ1) is 31.8. The van der Waals surface area contributed by atoms with Crippen molar-refractivity contribution >= 4 is 79.6 Å². The molecule has 4 aromatic carbocycles. The molecule has 6 aromatic heterocycles. The molecule has 6 heterocycles. The lowest BCUT2D eigenvalue weighted by Crippen LogP contribution is -2.13. The number of carboxylic acids is 2. The number of rotatable bonds is 10. The molecule has 0 amide bonds. The summed E-state index contributed by atoms with van der Waals surface area (Å²) in [6.45, 7) is 7.90. The average molecular weight is 918 g/mol. The average Bonchev–Trinajstić information content (AvgIpc) is 4.02. The predicted octanol–water partition coefficient (Wildman–Crippen LogP) is 10.3. The molecule has 10 aromatic rings.